The molecule has 3 aromatic rings. The number of aryl methyl sites for hydroxylation is 1. The summed E-state index contributed by atoms with van der Waals surface area (Å²) in [6.07, 6.45) is -4.84. The molecule has 0 spiro atoms. The van der Waals surface area contributed by atoms with Crippen LogP contribution in [0.1, 0.15) is 22.7 Å². The Morgan fingerprint density at radius 3 is 2.55 bits per heavy atom. The van der Waals surface area contributed by atoms with E-state index in [4.69, 9.17) is 11.6 Å². The van der Waals surface area contributed by atoms with Crippen LogP contribution in [-0.4, -0.2) is 36.0 Å². The van der Waals surface area contributed by atoms with Crippen molar-refractivity contribution >= 4 is 11.6 Å². The Kier molecular flexibility index (Phi) is 6.83. The summed E-state index contributed by atoms with van der Waals surface area (Å²) < 4.78 is 43.4. The average Bonchev–Trinajstić information content (AvgIpc) is 2.76. The van der Waals surface area contributed by atoms with E-state index in [-0.39, 0.29) is 23.1 Å². The molecule has 0 aromatic heterocycles. The third-order valence-electron chi connectivity index (χ3n) is 5.73. The van der Waals surface area contributed by atoms with Gasteiger partial charge >= 0.3 is 6.36 Å². The van der Waals surface area contributed by atoms with Crippen LogP contribution in [0.3, 0.4) is 0 Å². The summed E-state index contributed by atoms with van der Waals surface area (Å²) in [6, 6.07) is 17.1. The van der Waals surface area contributed by atoms with Gasteiger partial charge in [-0.3, -0.25) is 4.90 Å². The molecule has 0 saturated carbocycles. The van der Waals surface area contributed by atoms with Crippen LogP contribution in [0.25, 0.3) is 11.1 Å². The second-order valence-corrected chi connectivity index (χ2v) is 8.57. The van der Waals surface area contributed by atoms with Crippen molar-refractivity contribution in [2.24, 2.45) is 0 Å². The Morgan fingerprint density at radius 1 is 1.06 bits per heavy atom. The molecule has 0 bridgehead atoms. The van der Waals surface area contributed by atoms with E-state index in [9.17, 15) is 18.3 Å². The highest BCUT2D eigenvalue weighted by Gasteiger charge is 2.33. The normalized spacial score (nSPS) is 17.2. The van der Waals surface area contributed by atoms with E-state index in [2.05, 4.69) is 15.0 Å². The molecule has 1 heterocycles. The highest BCUT2D eigenvalue weighted by molar-refractivity contribution is 6.30. The van der Waals surface area contributed by atoms with Crippen molar-refractivity contribution in [3.63, 3.8) is 0 Å². The highest BCUT2D eigenvalue weighted by Crippen LogP contribution is 2.39. The van der Waals surface area contributed by atoms with Crippen LogP contribution in [0.15, 0.2) is 60.7 Å². The summed E-state index contributed by atoms with van der Waals surface area (Å²) in [7, 11) is 0. The summed E-state index contributed by atoms with van der Waals surface area (Å²) in [6.45, 7) is 4.72. The Bertz CT molecular complexity index is 1120. The fourth-order valence-corrected chi connectivity index (χ4v) is 4.32. The number of alkyl halides is 3. The molecule has 33 heavy (non-hydrogen) atoms. The van der Waals surface area contributed by atoms with Gasteiger partial charge in [0.15, 0.2) is 0 Å². The van der Waals surface area contributed by atoms with E-state index in [1.165, 1.54) is 12.1 Å². The molecular formula is C25H24ClF3N2O2. The van der Waals surface area contributed by atoms with Gasteiger partial charge in [-0.2, -0.15) is 0 Å². The quantitative estimate of drug-likeness (QED) is 0.469. The number of nitrogens with zero attached hydrogens (tertiary/aromatic N) is 1. The molecule has 2 N–H and O–H groups in total. The predicted octanol–water partition coefficient (Wildman–Crippen LogP) is 6.07. The topological polar surface area (TPSA) is 44.7 Å². The van der Waals surface area contributed by atoms with E-state index < -0.39 is 6.36 Å². The lowest BCUT2D eigenvalue weighted by atomic mass is 9.95. The maximum atomic E-state index is 13.0. The number of phenols is 1. The molecule has 174 valence electrons. The first-order chi connectivity index (χ1) is 15.7. The molecular weight excluding hydrogens is 453 g/mol. The molecule has 0 amide bonds. The van der Waals surface area contributed by atoms with Crippen molar-refractivity contribution in [1.82, 2.24) is 10.2 Å². The third kappa shape index (κ3) is 5.79. The van der Waals surface area contributed by atoms with Gasteiger partial charge < -0.3 is 15.2 Å². The summed E-state index contributed by atoms with van der Waals surface area (Å²) in [5.41, 5.74) is 3.64. The van der Waals surface area contributed by atoms with Crippen LogP contribution in [0.2, 0.25) is 5.02 Å². The highest BCUT2D eigenvalue weighted by atomic mass is 35.5. The number of halogens is 4. The summed E-state index contributed by atoms with van der Waals surface area (Å²) in [4.78, 5) is 2.29. The average molecular weight is 477 g/mol. The van der Waals surface area contributed by atoms with Crippen LogP contribution in [0, 0.1) is 6.92 Å². The Hall–Kier alpha value is -2.74. The number of nitrogens with one attached hydrogen (secondary N) is 1. The van der Waals surface area contributed by atoms with Crippen molar-refractivity contribution in [2.75, 3.05) is 19.6 Å². The number of rotatable bonds is 5. The van der Waals surface area contributed by atoms with Gasteiger partial charge in [-0.05, 0) is 53.9 Å². The van der Waals surface area contributed by atoms with Crippen molar-refractivity contribution in [1.29, 1.82) is 0 Å². The molecule has 4 rings (SSSR count). The molecule has 1 saturated heterocycles. The van der Waals surface area contributed by atoms with Crippen molar-refractivity contribution in [2.45, 2.75) is 25.9 Å². The summed E-state index contributed by atoms with van der Waals surface area (Å²) >= 11 is 6.05. The maximum Gasteiger partial charge on any atom is 0.573 e. The first kappa shape index (κ1) is 23.4. The number of benzene rings is 3. The molecule has 1 aliphatic heterocycles. The van der Waals surface area contributed by atoms with E-state index in [1.54, 1.807) is 0 Å². The van der Waals surface area contributed by atoms with Crippen LogP contribution < -0.4 is 10.1 Å². The fourth-order valence-electron chi connectivity index (χ4n) is 4.19. The second kappa shape index (κ2) is 9.63. The lowest BCUT2D eigenvalue weighted by Gasteiger charge is -2.37. The van der Waals surface area contributed by atoms with Crippen LogP contribution in [-0.2, 0) is 6.54 Å². The van der Waals surface area contributed by atoms with Crippen molar-refractivity contribution in [3.05, 3.63) is 82.4 Å². The summed E-state index contributed by atoms with van der Waals surface area (Å²) in [5, 5.41) is 14.1. The van der Waals surface area contributed by atoms with Gasteiger partial charge in [-0.25, -0.2) is 0 Å². The SMILES string of the molecule is Cc1ccc(CN2CCNC[C@H]2c2ccc(Cl)cc2)c(-c2cc(O)ccc2OC(F)(F)F)c1. The Morgan fingerprint density at radius 2 is 1.82 bits per heavy atom. The number of phenolic OH excluding ortho intramolecular Hbond substituents is 1. The lowest BCUT2D eigenvalue weighted by molar-refractivity contribution is -0.274. The number of hydrogen-bond donors (Lipinski definition) is 2. The Labute approximate surface area is 195 Å². The van der Waals surface area contributed by atoms with Gasteiger partial charge in [0.25, 0.3) is 0 Å². The standard InChI is InChI=1S/C25H24ClF3N2O2/c1-16-2-3-18(15-31-11-10-30-14-23(31)17-4-6-19(26)7-5-17)21(12-16)22-13-20(32)8-9-24(22)33-25(27,28)29/h2-9,12-13,23,30,32H,10-11,14-15H2,1H3/t23-/m0/s1. The first-order valence-corrected chi connectivity index (χ1v) is 11.0. The molecule has 4 nitrogen and oxygen atoms in total. The monoisotopic (exact) mass is 476 g/mol. The molecule has 0 aliphatic carbocycles. The fraction of sp³-hybridized carbons (Fsp3) is 0.280. The predicted molar refractivity (Wildman–Crippen MR) is 122 cm³/mol. The molecule has 3 aromatic carbocycles. The van der Waals surface area contributed by atoms with Gasteiger partial charge in [-0.15, -0.1) is 13.2 Å². The van der Waals surface area contributed by atoms with Crippen LogP contribution >= 0.6 is 11.6 Å². The van der Waals surface area contributed by atoms with Crippen LogP contribution in [0.4, 0.5) is 13.2 Å². The Balaban J connectivity index is 1.72. The van der Waals surface area contributed by atoms with E-state index in [0.29, 0.717) is 17.1 Å². The number of hydrogen-bond acceptors (Lipinski definition) is 4. The first-order valence-electron chi connectivity index (χ1n) is 10.6. The van der Waals surface area contributed by atoms with E-state index >= 15 is 0 Å². The van der Waals surface area contributed by atoms with Gasteiger partial charge in [0.2, 0.25) is 0 Å². The molecule has 0 radical (unpaired) electrons. The van der Waals surface area contributed by atoms with E-state index in [0.717, 1.165) is 42.4 Å². The smallest absolute Gasteiger partial charge is 0.508 e. The van der Waals surface area contributed by atoms with Gasteiger partial charge in [0, 0.05) is 42.8 Å². The molecule has 1 aliphatic rings. The summed E-state index contributed by atoms with van der Waals surface area (Å²) in [5.74, 6) is -0.477. The number of aromatic hydroxyl groups is 1. The molecule has 1 fully saturated rings. The van der Waals surface area contributed by atoms with Crippen molar-refractivity contribution < 1.29 is 23.0 Å². The number of ether oxygens (including phenoxy) is 1. The van der Waals surface area contributed by atoms with E-state index in [1.807, 2.05) is 49.4 Å². The minimum absolute atomic E-state index is 0.0836. The zero-order chi connectivity index (χ0) is 23.6. The van der Waals surface area contributed by atoms with Gasteiger partial charge in [-0.1, -0.05) is 47.5 Å². The second-order valence-electron chi connectivity index (χ2n) is 8.13. The zero-order valence-electron chi connectivity index (χ0n) is 18.0. The minimum Gasteiger partial charge on any atom is -0.508 e. The zero-order valence-corrected chi connectivity index (χ0v) is 18.7. The molecule has 8 heteroatoms. The van der Waals surface area contributed by atoms with Gasteiger partial charge in [0.05, 0.1) is 0 Å². The lowest BCUT2D eigenvalue weighted by Crippen LogP contribution is -2.45. The molecule has 0 unspecified atom stereocenters. The molecule has 1 atom stereocenters. The minimum atomic E-state index is -4.84. The third-order valence-corrected chi connectivity index (χ3v) is 5.98. The number of piperazine rings is 1. The maximum absolute atomic E-state index is 13.0. The van der Waals surface area contributed by atoms with Crippen molar-refractivity contribution in [3.8, 4) is 22.6 Å². The van der Waals surface area contributed by atoms with Crippen LogP contribution in [0.5, 0.6) is 11.5 Å². The largest absolute Gasteiger partial charge is 0.573 e. The van der Waals surface area contributed by atoms with Gasteiger partial charge in [0.1, 0.15) is 11.5 Å².